The maximum absolute atomic E-state index is 14.2. The number of carbonyl (C=O) groups is 1. The summed E-state index contributed by atoms with van der Waals surface area (Å²) in [5.74, 6) is -0.806. The molecule has 1 fully saturated rings. The summed E-state index contributed by atoms with van der Waals surface area (Å²) in [7, 11) is 0. The highest BCUT2D eigenvalue weighted by molar-refractivity contribution is 7.71. The fourth-order valence-electron chi connectivity index (χ4n) is 3.25. The zero-order chi connectivity index (χ0) is 18.0. The first-order valence-electron chi connectivity index (χ1n) is 8.36. The summed E-state index contributed by atoms with van der Waals surface area (Å²) >= 11 is 5.18. The van der Waals surface area contributed by atoms with Crippen molar-refractivity contribution in [1.82, 2.24) is 20.1 Å². The molecule has 0 spiro atoms. The van der Waals surface area contributed by atoms with Crippen molar-refractivity contribution < 1.29 is 13.6 Å². The Bertz CT molecular complexity index is 841. The van der Waals surface area contributed by atoms with E-state index in [0.717, 1.165) is 24.7 Å². The van der Waals surface area contributed by atoms with Crippen molar-refractivity contribution in [1.29, 1.82) is 0 Å². The van der Waals surface area contributed by atoms with E-state index in [1.54, 1.807) is 4.57 Å². The van der Waals surface area contributed by atoms with Crippen LogP contribution in [0, 0.1) is 16.4 Å². The molecule has 1 aliphatic rings. The van der Waals surface area contributed by atoms with Gasteiger partial charge in [-0.15, -0.1) is 0 Å². The Kier molecular flexibility index (Phi) is 4.99. The molecule has 134 valence electrons. The van der Waals surface area contributed by atoms with Crippen molar-refractivity contribution in [3.8, 4) is 0 Å². The third-order valence-electron chi connectivity index (χ3n) is 4.65. The lowest BCUT2D eigenvalue weighted by atomic mass is 9.71. The molecular formula is C17H20F2N4OS. The molecule has 2 N–H and O–H groups in total. The van der Waals surface area contributed by atoms with Crippen LogP contribution in [0.3, 0.4) is 0 Å². The lowest BCUT2D eigenvalue weighted by molar-refractivity contribution is -0.125. The normalized spacial score (nSPS) is 15.6. The Morgan fingerprint density at radius 3 is 2.80 bits per heavy atom. The molecule has 1 heterocycles. The van der Waals surface area contributed by atoms with Gasteiger partial charge in [0.15, 0.2) is 4.77 Å². The number of amides is 1. The predicted octanol–water partition coefficient (Wildman–Crippen LogP) is 3.37. The van der Waals surface area contributed by atoms with Gasteiger partial charge < -0.3 is 5.32 Å². The highest BCUT2D eigenvalue weighted by atomic mass is 32.1. The number of benzene rings is 1. The number of aromatic nitrogens is 3. The maximum atomic E-state index is 14.2. The van der Waals surface area contributed by atoms with E-state index in [9.17, 15) is 13.6 Å². The standard InChI is InChI=1S/C17H20F2N4OS/c1-2-4-14-21-22-16(25)23(14)10-15(24)20-17(7-3-8-17)12-6-5-11(18)9-13(12)19/h5-6,9H,2-4,7-8,10H2,1H3,(H,20,24)(H,22,25). The predicted molar refractivity (Wildman–Crippen MR) is 91.4 cm³/mol. The summed E-state index contributed by atoms with van der Waals surface area (Å²) in [6.07, 6.45) is 3.72. The number of hydrogen-bond acceptors (Lipinski definition) is 3. The van der Waals surface area contributed by atoms with E-state index in [0.29, 0.717) is 29.6 Å². The Morgan fingerprint density at radius 1 is 1.44 bits per heavy atom. The van der Waals surface area contributed by atoms with Crippen molar-refractivity contribution in [3.05, 3.63) is 46.0 Å². The fourth-order valence-corrected chi connectivity index (χ4v) is 3.46. The molecule has 0 radical (unpaired) electrons. The summed E-state index contributed by atoms with van der Waals surface area (Å²) in [4.78, 5) is 12.6. The first kappa shape index (κ1) is 17.7. The molecule has 3 rings (SSSR count). The Morgan fingerprint density at radius 2 is 2.20 bits per heavy atom. The first-order valence-corrected chi connectivity index (χ1v) is 8.76. The van der Waals surface area contributed by atoms with Crippen LogP contribution >= 0.6 is 12.2 Å². The van der Waals surface area contributed by atoms with Crippen LogP contribution in [0.25, 0.3) is 0 Å². The maximum Gasteiger partial charge on any atom is 0.240 e. The molecule has 1 saturated carbocycles. The van der Waals surface area contributed by atoms with E-state index in [4.69, 9.17) is 12.2 Å². The van der Waals surface area contributed by atoms with Gasteiger partial charge in [0.2, 0.25) is 5.91 Å². The van der Waals surface area contributed by atoms with Gasteiger partial charge >= 0.3 is 0 Å². The number of nitrogens with zero attached hydrogens (tertiary/aromatic N) is 2. The average molecular weight is 366 g/mol. The van der Waals surface area contributed by atoms with Crippen molar-refractivity contribution in [2.24, 2.45) is 0 Å². The van der Waals surface area contributed by atoms with Crippen LogP contribution in [0.2, 0.25) is 0 Å². The molecule has 0 bridgehead atoms. The van der Waals surface area contributed by atoms with Crippen LogP contribution in [0.1, 0.15) is 44.0 Å². The number of nitrogens with one attached hydrogen (secondary N) is 2. The monoisotopic (exact) mass is 366 g/mol. The lowest BCUT2D eigenvalue weighted by Gasteiger charge is -2.43. The fraction of sp³-hybridized carbons (Fsp3) is 0.471. The van der Waals surface area contributed by atoms with Crippen LogP contribution in [-0.4, -0.2) is 20.7 Å². The van der Waals surface area contributed by atoms with Crippen molar-refractivity contribution >= 4 is 18.1 Å². The number of rotatable bonds is 6. The van der Waals surface area contributed by atoms with Crippen LogP contribution in [0.4, 0.5) is 8.78 Å². The Hall–Kier alpha value is -2.09. The average Bonchev–Trinajstić information content (AvgIpc) is 2.85. The second-order valence-electron chi connectivity index (χ2n) is 6.39. The summed E-state index contributed by atoms with van der Waals surface area (Å²) < 4.78 is 29.4. The van der Waals surface area contributed by atoms with Gasteiger partial charge in [0.25, 0.3) is 0 Å². The highest BCUT2D eigenvalue weighted by Gasteiger charge is 2.42. The molecule has 0 unspecified atom stereocenters. The molecule has 1 aliphatic carbocycles. The molecule has 0 saturated heterocycles. The van der Waals surface area contributed by atoms with E-state index in [2.05, 4.69) is 15.5 Å². The quantitative estimate of drug-likeness (QED) is 0.771. The molecule has 2 aromatic rings. The van der Waals surface area contributed by atoms with Crippen molar-refractivity contribution in [2.45, 2.75) is 51.1 Å². The molecule has 1 amide bonds. The van der Waals surface area contributed by atoms with Crippen LogP contribution in [0.5, 0.6) is 0 Å². The molecule has 8 heteroatoms. The topological polar surface area (TPSA) is 62.7 Å². The minimum absolute atomic E-state index is 0.0230. The smallest absolute Gasteiger partial charge is 0.240 e. The second kappa shape index (κ2) is 7.03. The second-order valence-corrected chi connectivity index (χ2v) is 6.78. The minimum atomic E-state index is -0.772. The van der Waals surface area contributed by atoms with E-state index >= 15 is 0 Å². The first-order chi connectivity index (χ1) is 11.9. The largest absolute Gasteiger partial charge is 0.345 e. The molecule has 1 aromatic heterocycles. The van der Waals surface area contributed by atoms with Gasteiger partial charge in [0.1, 0.15) is 24.0 Å². The minimum Gasteiger partial charge on any atom is -0.345 e. The number of H-pyrrole nitrogens is 1. The lowest BCUT2D eigenvalue weighted by Crippen LogP contribution is -2.52. The summed E-state index contributed by atoms with van der Waals surface area (Å²) in [6, 6.07) is 3.49. The SMILES string of the molecule is CCCc1n[nH]c(=S)n1CC(=O)NC1(c2ccc(F)cc2F)CCC1. The van der Waals surface area contributed by atoms with Gasteiger partial charge in [0.05, 0.1) is 5.54 Å². The van der Waals surface area contributed by atoms with Gasteiger partial charge in [-0.25, -0.2) is 8.78 Å². The van der Waals surface area contributed by atoms with E-state index in [1.807, 2.05) is 6.92 Å². The van der Waals surface area contributed by atoms with Gasteiger partial charge in [-0.3, -0.25) is 14.5 Å². The molecule has 5 nitrogen and oxygen atoms in total. The molecule has 25 heavy (non-hydrogen) atoms. The third kappa shape index (κ3) is 3.49. The highest BCUT2D eigenvalue weighted by Crippen LogP contribution is 2.42. The Balaban J connectivity index is 1.79. The van der Waals surface area contributed by atoms with E-state index in [1.165, 1.54) is 12.1 Å². The third-order valence-corrected chi connectivity index (χ3v) is 4.96. The van der Waals surface area contributed by atoms with Crippen molar-refractivity contribution in [2.75, 3.05) is 0 Å². The van der Waals surface area contributed by atoms with Gasteiger partial charge in [-0.1, -0.05) is 13.0 Å². The van der Waals surface area contributed by atoms with E-state index < -0.39 is 17.2 Å². The van der Waals surface area contributed by atoms with E-state index in [-0.39, 0.29) is 12.5 Å². The number of halogens is 2. The number of hydrogen-bond donors (Lipinski definition) is 2. The van der Waals surface area contributed by atoms with Crippen LogP contribution < -0.4 is 5.32 Å². The Labute approximate surface area is 149 Å². The molecule has 0 atom stereocenters. The number of aryl methyl sites for hydroxylation is 1. The summed E-state index contributed by atoms with van der Waals surface area (Å²) in [5.41, 5.74) is -0.441. The van der Waals surface area contributed by atoms with Crippen molar-refractivity contribution in [3.63, 3.8) is 0 Å². The van der Waals surface area contributed by atoms with Crippen LogP contribution in [-0.2, 0) is 23.3 Å². The van der Waals surface area contributed by atoms with Crippen LogP contribution in [0.15, 0.2) is 18.2 Å². The molecule has 0 aliphatic heterocycles. The number of aromatic amines is 1. The summed E-state index contributed by atoms with van der Waals surface area (Å²) in [5, 5.41) is 9.77. The molecule has 1 aromatic carbocycles. The summed E-state index contributed by atoms with van der Waals surface area (Å²) in [6.45, 7) is 2.04. The zero-order valence-corrected chi connectivity index (χ0v) is 14.8. The zero-order valence-electron chi connectivity index (χ0n) is 13.9. The molecular weight excluding hydrogens is 346 g/mol. The van der Waals surface area contributed by atoms with Gasteiger partial charge in [0, 0.05) is 18.1 Å². The van der Waals surface area contributed by atoms with Gasteiger partial charge in [-0.05, 0) is 44.0 Å². The van der Waals surface area contributed by atoms with Gasteiger partial charge in [-0.2, -0.15) is 5.10 Å². The number of carbonyl (C=O) groups excluding carboxylic acids is 1.